The second kappa shape index (κ2) is 11.6. The number of aliphatic hydroxyl groups excluding tert-OH is 1. The van der Waals surface area contributed by atoms with Crippen LogP contribution < -0.4 is 9.84 Å². The quantitative estimate of drug-likeness (QED) is 0.248. The summed E-state index contributed by atoms with van der Waals surface area (Å²) in [6.45, 7) is 27.8. The fourth-order valence-corrected chi connectivity index (χ4v) is 5.95. The van der Waals surface area contributed by atoms with Gasteiger partial charge in [-0.15, -0.1) is 0 Å². The van der Waals surface area contributed by atoms with Crippen molar-refractivity contribution in [3.05, 3.63) is 29.3 Å². The maximum absolute atomic E-state index is 13.9. The molecule has 0 saturated carbocycles. The number of β-amino-alcohol motifs (C(OH)–C–C–N with tert-alkyl or cyclic N) is 1. The van der Waals surface area contributed by atoms with Gasteiger partial charge in [-0.25, -0.2) is 4.57 Å². The van der Waals surface area contributed by atoms with Gasteiger partial charge in [0.1, 0.15) is 5.75 Å². The molecule has 0 aliphatic rings. The average molecular weight is 546 g/mol. The lowest BCUT2D eigenvalue weighted by atomic mass is 9.94. The van der Waals surface area contributed by atoms with E-state index in [9.17, 15) is 9.67 Å². The minimum atomic E-state index is -4.02. The third-order valence-corrected chi connectivity index (χ3v) is 8.41. The predicted octanol–water partition coefficient (Wildman–Crippen LogP) is 6.78. The molecule has 0 amide bonds. The van der Waals surface area contributed by atoms with E-state index in [1.807, 2.05) is 19.9 Å². The third-order valence-electron chi connectivity index (χ3n) is 4.71. The smallest absolute Gasteiger partial charge is 0.414 e. The van der Waals surface area contributed by atoms with Gasteiger partial charge in [0.25, 0.3) is 0 Å². The predicted molar refractivity (Wildman–Crippen MR) is 151 cm³/mol. The van der Waals surface area contributed by atoms with Crippen LogP contribution in [0.25, 0.3) is 0 Å². The molecule has 7 nitrogen and oxygen atoms in total. The van der Waals surface area contributed by atoms with Gasteiger partial charge in [-0.3, -0.25) is 9.05 Å². The van der Waals surface area contributed by atoms with Crippen molar-refractivity contribution in [1.82, 2.24) is 5.32 Å². The van der Waals surface area contributed by atoms with Crippen LogP contribution in [0.1, 0.15) is 114 Å². The molecule has 1 atom stereocenters. The molecular weight excluding hydrogens is 493 g/mol. The van der Waals surface area contributed by atoms with Gasteiger partial charge in [0.15, 0.2) is 9.76 Å². The first-order valence-corrected chi connectivity index (χ1v) is 15.5. The minimum Gasteiger partial charge on any atom is -0.414 e. The maximum atomic E-state index is 13.9. The first kappa shape index (κ1) is 33.3. The lowest BCUT2D eigenvalue weighted by Crippen LogP contribution is -2.38. The molecule has 36 heavy (non-hydrogen) atoms. The molecule has 0 fully saturated rings. The van der Waals surface area contributed by atoms with E-state index in [-0.39, 0.29) is 10.6 Å². The van der Waals surface area contributed by atoms with Crippen LogP contribution in [0.5, 0.6) is 5.75 Å². The number of hydrogen-bond donors (Lipinski definition) is 2. The number of hydrogen-bond acceptors (Lipinski definition) is 7. The van der Waals surface area contributed by atoms with E-state index >= 15 is 0 Å². The zero-order valence-corrected chi connectivity index (χ0v) is 27.5. The van der Waals surface area contributed by atoms with Crippen molar-refractivity contribution in [2.24, 2.45) is 0 Å². The van der Waals surface area contributed by atoms with Crippen molar-refractivity contribution in [2.45, 2.75) is 130 Å². The van der Waals surface area contributed by atoms with Gasteiger partial charge in [-0.2, -0.15) is 0 Å². The highest BCUT2D eigenvalue weighted by Crippen LogP contribution is 2.56. The monoisotopic (exact) mass is 545 g/mol. The summed E-state index contributed by atoms with van der Waals surface area (Å²) in [4.78, 5) is 0. The Morgan fingerprint density at radius 2 is 1.39 bits per heavy atom. The summed E-state index contributed by atoms with van der Waals surface area (Å²) in [7, 11) is -4.96. The molecule has 9 heteroatoms. The summed E-state index contributed by atoms with van der Waals surface area (Å²) in [6, 6.07) is 5.38. The molecular formula is C27H52NO6PSi. The Labute approximate surface area is 222 Å². The van der Waals surface area contributed by atoms with Gasteiger partial charge in [-0.1, -0.05) is 26.8 Å². The van der Waals surface area contributed by atoms with E-state index in [4.69, 9.17) is 18.0 Å². The fourth-order valence-electron chi connectivity index (χ4n) is 3.15. The molecule has 0 saturated heterocycles. The molecule has 1 unspecified atom stereocenters. The molecule has 0 aliphatic heterocycles. The van der Waals surface area contributed by atoms with Crippen LogP contribution in [0.4, 0.5) is 0 Å². The third kappa shape index (κ3) is 12.7. The van der Waals surface area contributed by atoms with Crippen molar-refractivity contribution >= 4 is 17.6 Å². The van der Waals surface area contributed by atoms with E-state index in [1.54, 1.807) is 53.7 Å². The Balaban J connectivity index is 3.54. The van der Waals surface area contributed by atoms with Crippen molar-refractivity contribution in [3.63, 3.8) is 0 Å². The number of rotatable bonds is 10. The van der Waals surface area contributed by atoms with Gasteiger partial charge in [0.2, 0.25) is 0 Å². The molecule has 2 N–H and O–H groups in total. The Morgan fingerprint density at radius 1 is 0.889 bits per heavy atom. The summed E-state index contributed by atoms with van der Waals surface area (Å²) >= 11 is 0. The first-order chi connectivity index (χ1) is 15.8. The highest BCUT2D eigenvalue weighted by Gasteiger charge is 2.40. The van der Waals surface area contributed by atoms with Crippen LogP contribution in [0.3, 0.4) is 0 Å². The van der Waals surface area contributed by atoms with Gasteiger partial charge in [0.05, 0.1) is 22.9 Å². The molecule has 0 radical (unpaired) electrons. The molecule has 1 aromatic carbocycles. The molecule has 210 valence electrons. The number of phosphoric acid groups is 1. The standard InChI is InChI=1S/C27H52NO6PSi/c1-23(2,3)28-18-21(29)19-15-16-22(20(17-19)27(13,14)34-36-26(10,11)12)31-35(30,32-24(4,5)6)33-25(7,8)9/h15-17,21,28-29H,18,36H2,1-14H3. The first-order valence-electron chi connectivity index (χ1n) is 12.7. The Hall–Kier alpha value is -0.733. The van der Waals surface area contributed by atoms with E-state index in [0.29, 0.717) is 23.4 Å². The summed E-state index contributed by atoms with van der Waals surface area (Å²) in [5.41, 5.74) is -1.01. The van der Waals surface area contributed by atoms with Crippen LogP contribution in [0.2, 0.25) is 5.04 Å². The minimum absolute atomic E-state index is 0.0754. The molecule has 0 aliphatic carbocycles. The highest BCUT2D eigenvalue weighted by molar-refractivity contribution is 7.49. The topological polar surface area (TPSA) is 86.2 Å². The average Bonchev–Trinajstić information content (AvgIpc) is 2.60. The summed E-state index contributed by atoms with van der Waals surface area (Å²) in [5, 5.41) is 14.3. The summed E-state index contributed by atoms with van der Waals surface area (Å²) in [6.07, 6.45) is -0.740. The van der Waals surface area contributed by atoms with Gasteiger partial charge in [-0.05, 0) is 98.9 Å². The lowest BCUT2D eigenvalue weighted by Gasteiger charge is -2.35. The van der Waals surface area contributed by atoms with Crippen molar-refractivity contribution in [1.29, 1.82) is 0 Å². The van der Waals surface area contributed by atoms with E-state index in [0.717, 1.165) is 0 Å². The summed E-state index contributed by atoms with van der Waals surface area (Å²) in [5.74, 6) is 0.347. The number of aliphatic hydroxyl groups is 1. The zero-order valence-electron chi connectivity index (χ0n) is 25.2. The second-order valence-electron chi connectivity index (χ2n) is 14.2. The molecule has 0 spiro atoms. The van der Waals surface area contributed by atoms with Gasteiger partial charge in [0, 0.05) is 17.6 Å². The normalized spacial score (nSPS) is 15.5. The Bertz CT molecular complexity index is 887. The maximum Gasteiger partial charge on any atom is 0.531 e. The number of benzene rings is 1. The highest BCUT2D eigenvalue weighted by atomic mass is 31.2. The van der Waals surface area contributed by atoms with Gasteiger partial charge < -0.3 is 19.4 Å². The lowest BCUT2D eigenvalue weighted by molar-refractivity contribution is 0.0215. The largest absolute Gasteiger partial charge is 0.531 e. The van der Waals surface area contributed by atoms with Crippen molar-refractivity contribution < 1.29 is 27.7 Å². The van der Waals surface area contributed by atoms with Crippen LogP contribution in [-0.2, 0) is 23.6 Å². The Kier molecular flexibility index (Phi) is 10.7. The summed E-state index contributed by atoms with van der Waals surface area (Å²) < 4.78 is 38.2. The second-order valence-corrected chi connectivity index (χ2v) is 18.3. The van der Waals surface area contributed by atoms with E-state index in [1.165, 1.54) is 0 Å². The SMILES string of the molecule is CC(C)(C)NCC(O)c1ccc(OP(=O)(OC(C)(C)C)OC(C)(C)C)c(C(C)(C)O[SiH2]C(C)(C)C)c1. The zero-order chi connectivity index (χ0) is 28.4. The fraction of sp³-hybridized carbons (Fsp3) is 0.778. The molecule has 0 aromatic heterocycles. The van der Waals surface area contributed by atoms with Crippen LogP contribution in [0, 0.1) is 0 Å². The molecule has 0 bridgehead atoms. The number of phosphoric ester groups is 1. The van der Waals surface area contributed by atoms with Crippen molar-refractivity contribution in [3.8, 4) is 5.75 Å². The Morgan fingerprint density at radius 3 is 1.81 bits per heavy atom. The molecule has 1 aromatic rings. The molecule has 0 heterocycles. The number of nitrogens with one attached hydrogen (secondary N) is 1. The van der Waals surface area contributed by atoms with Crippen LogP contribution in [0.15, 0.2) is 18.2 Å². The van der Waals surface area contributed by atoms with E-state index < -0.39 is 40.5 Å². The van der Waals surface area contributed by atoms with Gasteiger partial charge >= 0.3 is 7.82 Å². The molecule has 1 rings (SSSR count). The van der Waals surface area contributed by atoms with E-state index in [2.05, 4.69) is 46.9 Å². The van der Waals surface area contributed by atoms with Crippen LogP contribution >= 0.6 is 7.82 Å². The van der Waals surface area contributed by atoms with Crippen LogP contribution in [-0.4, -0.2) is 38.2 Å². The van der Waals surface area contributed by atoms with Crippen molar-refractivity contribution in [2.75, 3.05) is 6.54 Å².